The normalized spacial score (nSPS) is 7.88. The summed E-state index contributed by atoms with van der Waals surface area (Å²) in [6.07, 6.45) is -1.44. The van der Waals surface area contributed by atoms with E-state index >= 15 is 0 Å². The molecule has 0 saturated heterocycles. The van der Waals surface area contributed by atoms with Crippen molar-refractivity contribution in [2.45, 2.75) is 20.0 Å². The summed E-state index contributed by atoms with van der Waals surface area (Å²) in [7, 11) is 0. The molecule has 0 aromatic rings. The first-order valence-corrected chi connectivity index (χ1v) is 2.02. The third kappa shape index (κ3) is 8.97. The van der Waals surface area contributed by atoms with Crippen LogP contribution < -0.4 is 0 Å². The van der Waals surface area contributed by atoms with Gasteiger partial charge in [-0.1, -0.05) is 0 Å². The molecule has 0 aliphatic rings. The van der Waals surface area contributed by atoms with Crippen LogP contribution in [0.3, 0.4) is 0 Å². The van der Waals surface area contributed by atoms with Crippen molar-refractivity contribution >= 4 is 6.16 Å². The molecule has 0 aromatic heterocycles. The lowest BCUT2D eigenvalue weighted by atomic mass is 10.5. The molecule has 0 aromatic carbocycles. The topological polar surface area (TPSA) is 78.0 Å². The molecule has 3 N–H and O–H groups in total. The van der Waals surface area contributed by atoms with E-state index in [-0.39, 0.29) is 11.6 Å². The molecule has 0 saturated carbocycles. The number of rotatable bonds is 1. The Morgan fingerprint density at radius 1 is 1.62 bits per heavy atom. The zero-order valence-electron chi connectivity index (χ0n) is 4.84. The first-order chi connectivity index (χ1) is 3.13. The lowest BCUT2D eigenvalue weighted by Gasteiger charge is -1.99. The summed E-state index contributed by atoms with van der Waals surface area (Å²) in [6.45, 7) is 3.32. The molecular formula is C4H10O4. The quantitative estimate of drug-likeness (QED) is 0.507. The van der Waals surface area contributed by atoms with Gasteiger partial charge in [-0.3, -0.25) is 0 Å². The van der Waals surface area contributed by atoms with Gasteiger partial charge in [-0.15, -0.1) is 0 Å². The lowest BCUT2D eigenvalue weighted by Crippen LogP contribution is -2.07. The third-order valence-corrected chi connectivity index (χ3v) is 0.337. The Morgan fingerprint density at radius 3 is 2.00 bits per heavy atom. The Bertz CT molecular complexity index is 68.4. The maximum absolute atomic E-state index is 9.59. The molecule has 8 heavy (non-hydrogen) atoms. The molecule has 0 aliphatic heterocycles. The smallest absolute Gasteiger partial charge is 0.450 e. The van der Waals surface area contributed by atoms with E-state index in [0.717, 1.165) is 0 Å². The molecule has 0 rings (SSSR count). The van der Waals surface area contributed by atoms with E-state index in [0.29, 0.717) is 0 Å². The second-order valence-corrected chi connectivity index (χ2v) is 1.43. The summed E-state index contributed by atoms with van der Waals surface area (Å²) in [4.78, 5) is 9.59. The molecule has 0 heterocycles. The predicted molar refractivity (Wildman–Crippen MR) is 27.9 cm³/mol. The van der Waals surface area contributed by atoms with Crippen LogP contribution in [0.4, 0.5) is 4.79 Å². The average molecular weight is 122 g/mol. The Kier molecular flexibility index (Phi) is 5.63. The van der Waals surface area contributed by atoms with Gasteiger partial charge in [0.25, 0.3) is 0 Å². The van der Waals surface area contributed by atoms with Crippen LogP contribution in [0.25, 0.3) is 0 Å². The van der Waals surface area contributed by atoms with Crippen LogP contribution in [-0.2, 0) is 4.74 Å². The molecule has 4 nitrogen and oxygen atoms in total. The molecule has 0 radical (unpaired) electrons. The van der Waals surface area contributed by atoms with E-state index in [4.69, 9.17) is 5.11 Å². The monoisotopic (exact) mass is 122 g/mol. The number of hydrogen-bond donors (Lipinski definition) is 1. The van der Waals surface area contributed by atoms with Crippen molar-refractivity contribution in [3.63, 3.8) is 0 Å². The van der Waals surface area contributed by atoms with Crippen molar-refractivity contribution < 1.29 is 20.1 Å². The minimum atomic E-state index is -1.21. The molecule has 0 amide bonds. The van der Waals surface area contributed by atoms with Crippen LogP contribution in [0, 0.1) is 0 Å². The highest BCUT2D eigenvalue weighted by molar-refractivity contribution is 5.56. The van der Waals surface area contributed by atoms with Gasteiger partial charge in [-0.25, -0.2) is 4.79 Å². The maximum Gasteiger partial charge on any atom is 0.506 e. The number of hydrogen-bond acceptors (Lipinski definition) is 2. The van der Waals surface area contributed by atoms with E-state index in [2.05, 4.69) is 4.74 Å². The summed E-state index contributed by atoms with van der Waals surface area (Å²) in [6, 6.07) is 0. The van der Waals surface area contributed by atoms with Crippen LogP contribution in [0.15, 0.2) is 0 Å². The van der Waals surface area contributed by atoms with Crippen LogP contribution in [0.1, 0.15) is 13.8 Å². The van der Waals surface area contributed by atoms with Crippen molar-refractivity contribution in [1.29, 1.82) is 0 Å². The number of carbonyl (C=O) groups is 1. The summed E-state index contributed by atoms with van der Waals surface area (Å²) < 4.78 is 4.17. The van der Waals surface area contributed by atoms with Crippen LogP contribution in [0.2, 0.25) is 0 Å². The van der Waals surface area contributed by atoms with Gasteiger partial charge < -0.3 is 15.3 Å². The van der Waals surface area contributed by atoms with E-state index < -0.39 is 6.16 Å². The first-order valence-electron chi connectivity index (χ1n) is 2.02. The van der Waals surface area contributed by atoms with Gasteiger partial charge in [-0.2, -0.15) is 0 Å². The fourth-order valence-electron chi connectivity index (χ4n) is 0.202. The minimum absolute atomic E-state index is 0. The number of carboxylic acid groups (broad SMARTS) is 1. The summed E-state index contributed by atoms with van der Waals surface area (Å²) in [5.41, 5.74) is 0. The number of ether oxygens (including phenoxy) is 1. The third-order valence-electron chi connectivity index (χ3n) is 0.337. The first kappa shape index (κ1) is 10.3. The highest BCUT2D eigenvalue weighted by Crippen LogP contribution is 1.85. The molecule has 0 bridgehead atoms. The summed E-state index contributed by atoms with van der Waals surface area (Å²) >= 11 is 0. The molecule has 0 fully saturated rings. The van der Waals surface area contributed by atoms with Crippen molar-refractivity contribution in [2.24, 2.45) is 0 Å². The molecule has 50 valence electrons. The second kappa shape index (κ2) is 4.39. The maximum atomic E-state index is 9.59. The minimum Gasteiger partial charge on any atom is -0.450 e. The Hall–Kier alpha value is -0.770. The van der Waals surface area contributed by atoms with E-state index in [9.17, 15) is 4.79 Å². The molecule has 0 atom stereocenters. The molecule has 0 unspecified atom stereocenters. The fourth-order valence-corrected chi connectivity index (χ4v) is 0.202. The predicted octanol–water partition coefficient (Wildman–Crippen LogP) is 0.265. The van der Waals surface area contributed by atoms with Crippen LogP contribution >= 0.6 is 0 Å². The van der Waals surface area contributed by atoms with Gasteiger partial charge in [0, 0.05) is 0 Å². The van der Waals surface area contributed by atoms with E-state index in [1.54, 1.807) is 13.8 Å². The summed E-state index contributed by atoms with van der Waals surface area (Å²) in [5.74, 6) is 0. The SMILES string of the molecule is CC(C)OC(=O)O.O. The molecule has 4 heteroatoms. The highest BCUT2D eigenvalue weighted by atomic mass is 16.7. The molecule has 0 aliphatic carbocycles. The van der Waals surface area contributed by atoms with Crippen molar-refractivity contribution in [3.8, 4) is 0 Å². The Morgan fingerprint density at radius 2 is 2.00 bits per heavy atom. The van der Waals surface area contributed by atoms with E-state index in [1.165, 1.54) is 0 Å². The largest absolute Gasteiger partial charge is 0.506 e. The van der Waals surface area contributed by atoms with Gasteiger partial charge in [0.15, 0.2) is 0 Å². The van der Waals surface area contributed by atoms with Crippen LogP contribution in [-0.4, -0.2) is 22.8 Å². The highest BCUT2D eigenvalue weighted by Gasteiger charge is 1.97. The van der Waals surface area contributed by atoms with Crippen molar-refractivity contribution in [1.82, 2.24) is 0 Å². The standard InChI is InChI=1S/C4H8O3.H2O/c1-3(2)7-4(5)6;/h3H,1-2H3,(H,5,6);1H2. The van der Waals surface area contributed by atoms with Gasteiger partial charge in [0.05, 0.1) is 6.10 Å². The Labute approximate surface area is 47.4 Å². The Balaban J connectivity index is 0. The van der Waals surface area contributed by atoms with Crippen molar-refractivity contribution in [2.75, 3.05) is 0 Å². The van der Waals surface area contributed by atoms with Gasteiger partial charge in [-0.05, 0) is 13.8 Å². The van der Waals surface area contributed by atoms with Gasteiger partial charge in [0.2, 0.25) is 0 Å². The van der Waals surface area contributed by atoms with Gasteiger partial charge in [0.1, 0.15) is 0 Å². The zero-order chi connectivity index (χ0) is 5.86. The molecule has 0 spiro atoms. The lowest BCUT2D eigenvalue weighted by molar-refractivity contribution is 0.0660. The summed E-state index contributed by atoms with van der Waals surface area (Å²) in [5, 5.41) is 7.86. The fraction of sp³-hybridized carbons (Fsp3) is 0.750. The van der Waals surface area contributed by atoms with Gasteiger partial charge >= 0.3 is 6.16 Å². The van der Waals surface area contributed by atoms with E-state index in [1.807, 2.05) is 0 Å². The zero-order valence-corrected chi connectivity index (χ0v) is 4.84. The second-order valence-electron chi connectivity index (χ2n) is 1.43. The van der Waals surface area contributed by atoms with Crippen LogP contribution in [0.5, 0.6) is 0 Å². The molecular weight excluding hydrogens is 112 g/mol. The average Bonchev–Trinajstić information content (AvgIpc) is 1.27. The van der Waals surface area contributed by atoms with Crippen molar-refractivity contribution in [3.05, 3.63) is 0 Å².